The molecule has 3 aromatic rings. The number of benzene rings is 2. The smallest absolute Gasteiger partial charge is 0.269 e. The van der Waals surface area contributed by atoms with E-state index in [0.717, 1.165) is 28.2 Å². The van der Waals surface area contributed by atoms with Crippen LogP contribution in [0.2, 0.25) is 5.02 Å². The fourth-order valence-electron chi connectivity index (χ4n) is 3.24. The molecule has 1 heterocycles. The van der Waals surface area contributed by atoms with Gasteiger partial charge in [-0.25, -0.2) is 0 Å². The number of aryl methyl sites for hydroxylation is 1. The van der Waals surface area contributed by atoms with Crippen LogP contribution < -0.4 is 0 Å². The average Bonchev–Trinajstić information content (AvgIpc) is 2.95. The summed E-state index contributed by atoms with van der Waals surface area (Å²) in [6.45, 7) is 5.97. The van der Waals surface area contributed by atoms with Gasteiger partial charge in [-0.2, -0.15) is 5.26 Å². The summed E-state index contributed by atoms with van der Waals surface area (Å²) in [5.74, 6) is 0. The van der Waals surface area contributed by atoms with Crippen LogP contribution in [0.5, 0.6) is 0 Å². The van der Waals surface area contributed by atoms with Crippen molar-refractivity contribution >= 4 is 28.9 Å². The number of nitrogens with zero attached hydrogens (tertiary/aromatic N) is 3. The second-order valence-corrected chi connectivity index (χ2v) is 6.93. The van der Waals surface area contributed by atoms with Crippen molar-refractivity contribution in [2.75, 3.05) is 0 Å². The normalized spacial score (nSPS) is 11.3. The van der Waals surface area contributed by atoms with Crippen LogP contribution in [-0.4, -0.2) is 9.49 Å². The highest BCUT2D eigenvalue weighted by Crippen LogP contribution is 2.29. The Bertz CT molecular complexity index is 1140. The van der Waals surface area contributed by atoms with Gasteiger partial charge in [0.15, 0.2) is 0 Å². The zero-order valence-electron chi connectivity index (χ0n) is 15.7. The van der Waals surface area contributed by atoms with Gasteiger partial charge in [0, 0.05) is 34.2 Å². The molecular weight excluding hydrogens is 374 g/mol. The van der Waals surface area contributed by atoms with E-state index in [1.54, 1.807) is 18.2 Å². The highest BCUT2D eigenvalue weighted by Gasteiger charge is 2.14. The molecule has 0 aliphatic rings. The highest BCUT2D eigenvalue weighted by molar-refractivity contribution is 6.31. The Morgan fingerprint density at radius 1 is 1.18 bits per heavy atom. The van der Waals surface area contributed by atoms with E-state index in [9.17, 15) is 15.4 Å². The fraction of sp³-hybridized carbons (Fsp3) is 0.136. The van der Waals surface area contributed by atoms with Crippen molar-refractivity contribution in [2.24, 2.45) is 0 Å². The quantitative estimate of drug-likeness (QED) is 0.309. The largest absolute Gasteiger partial charge is 0.318 e. The molecule has 0 saturated heterocycles. The number of allylic oxidation sites excluding steroid dienone is 1. The lowest BCUT2D eigenvalue weighted by molar-refractivity contribution is -0.384. The molecule has 0 unspecified atom stereocenters. The minimum atomic E-state index is -0.458. The molecule has 0 saturated carbocycles. The molecule has 0 atom stereocenters. The molecule has 2 aromatic carbocycles. The summed E-state index contributed by atoms with van der Waals surface area (Å²) in [4.78, 5) is 10.4. The molecular formula is C22H18ClN3O2. The molecule has 28 heavy (non-hydrogen) atoms. The van der Waals surface area contributed by atoms with E-state index in [1.165, 1.54) is 12.1 Å². The van der Waals surface area contributed by atoms with E-state index in [2.05, 4.69) is 10.6 Å². The van der Waals surface area contributed by atoms with Gasteiger partial charge in [-0.15, -0.1) is 0 Å². The fourth-order valence-corrected chi connectivity index (χ4v) is 3.41. The monoisotopic (exact) mass is 391 g/mol. The molecule has 0 fully saturated rings. The second kappa shape index (κ2) is 7.71. The number of hydrogen-bond donors (Lipinski definition) is 0. The van der Waals surface area contributed by atoms with Crippen molar-refractivity contribution in [3.8, 4) is 11.8 Å². The summed E-state index contributed by atoms with van der Waals surface area (Å²) in [5.41, 5.74) is 5.97. The van der Waals surface area contributed by atoms with Crippen molar-refractivity contribution in [1.82, 2.24) is 4.57 Å². The van der Waals surface area contributed by atoms with Crippen LogP contribution in [0.15, 0.2) is 48.5 Å². The summed E-state index contributed by atoms with van der Waals surface area (Å²) in [6, 6.07) is 16.0. The van der Waals surface area contributed by atoms with Crippen molar-refractivity contribution in [1.29, 1.82) is 5.26 Å². The lowest BCUT2D eigenvalue weighted by Crippen LogP contribution is -2.01. The van der Waals surface area contributed by atoms with Crippen LogP contribution in [0.4, 0.5) is 5.69 Å². The van der Waals surface area contributed by atoms with E-state index in [1.807, 2.05) is 45.0 Å². The Balaban J connectivity index is 2.08. The van der Waals surface area contributed by atoms with Crippen LogP contribution in [0, 0.1) is 42.2 Å². The Morgan fingerprint density at radius 3 is 2.46 bits per heavy atom. The summed E-state index contributed by atoms with van der Waals surface area (Å²) in [6.07, 6.45) is 1.81. The Labute approximate surface area is 168 Å². The summed E-state index contributed by atoms with van der Waals surface area (Å²) < 4.78 is 2.11. The van der Waals surface area contributed by atoms with Gasteiger partial charge in [0.2, 0.25) is 0 Å². The highest BCUT2D eigenvalue weighted by atomic mass is 35.5. The van der Waals surface area contributed by atoms with Crippen molar-refractivity contribution in [3.63, 3.8) is 0 Å². The van der Waals surface area contributed by atoms with Gasteiger partial charge in [0.1, 0.15) is 0 Å². The van der Waals surface area contributed by atoms with Gasteiger partial charge >= 0.3 is 0 Å². The maximum Gasteiger partial charge on any atom is 0.269 e. The predicted octanol–water partition coefficient (Wildman–Crippen LogP) is 6.03. The van der Waals surface area contributed by atoms with Crippen LogP contribution in [0.1, 0.15) is 28.1 Å². The standard InChI is InChI=1S/C22H18ClN3O2/c1-14-11-18(16(3)25(14)22-6-4-5-21(23)15(22)2)12-19(13-24)17-7-9-20(10-8-17)26(27)28/h4-12H,1-3H3/b19-12-. The molecule has 140 valence electrons. The number of nitro groups is 1. The maximum absolute atomic E-state index is 10.8. The molecule has 1 aromatic heterocycles. The van der Waals surface area contributed by atoms with Gasteiger partial charge < -0.3 is 4.57 Å². The van der Waals surface area contributed by atoms with E-state index in [0.29, 0.717) is 16.2 Å². The first-order valence-electron chi connectivity index (χ1n) is 8.64. The lowest BCUT2D eigenvalue weighted by atomic mass is 10.0. The first kappa shape index (κ1) is 19.4. The molecule has 0 aliphatic carbocycles. The predicted molar refractivity (Wildman–Crippen MR) is 112 cm³/mol. The number of aromatic nitrogens is 1. The zero-order valence-corrected chi connectivity index (χ0v) is 16.5. The Hall–Kier alpha value is -3.36. The Morgan fingerprint density at radius 2 is 1.86 bits per heavy atom. The number of hydrogen-bond acceptors (Lipinski definition) is 3. The third-order valence-corrected chi connectivity index (χ3v) is 5.17. The van der Waals surface area contributed by atoms with Crippen LogP contribution in [0.25, 0.3) is 17.3 Å². The molecule has 0 N–H and O–H groups in total. The molecule has 5 nitrogen and oxygen atoms in total. The number of nitriles is 1. The zero-order chi connectivity index (χ0) is 20.4. The van der Waals surface area contributed by atoms with E-state index < -0.39 is 4.92 Å². The number of non-ortho nitro benzene ring substituents is 1. The van der Waals surface area contributed by atoms with Gasteiger partial charge in [-0.05, 0) is 73.9 Å². The second-order valence-electron chi connectivity index (χ2n) is 6.52. The van der Waals surface area contributed by atoms with Gasteiger partial charge in [-0.3, -0.25) is 10.1 Å². The number of halogens is 1. The molecule has 0 amide bonds. The minimum absolute atomic E-state index is 0.00403. The minimum Gasteiger partial charge on any atom is -0.318 e. The van der Waals surface area contributed by atoms with E-state index >= 15 is 0 Å². The van der Waals surface area contributed by atoms with Crippen LogP contribution in [0.3, 0.4) is 0 Å². The van der Waals surface area contributed by atoms with Crippen molar-refractivity contribution < 1.29 is 4.92 Å². The summed E-state index contributed by atoms with van der Waals surface area (Å²) >= 11 is 6.28. The molecule has 0 spiro atoms. The first-order valence-corrected chi connectivity index (χ1v) is 9.02. The van der Waals surface area contributed by atoms with E-state index in [-0.39, 0.29) is 5.69 Å². The SMILES string of the molecule is Cc1c(Cl)cccc1-n1c(C)cc(/C=C(/C#N)c2ccc([N+](=O)[O-])cc2)c1C. The van der Waals surface area contributed by atoms with Crippen molar-refractivity contribution in [3.05, 3.63) is 91.7 Å². The summed E-state index contributed by atoms with van der Waals surface area (Å²) in [5, 5.41) is 21.1. The maximum atomic E-state index is 10.8. The van der Waals surface area contributed by atoms with Gasteiger partial charge in [0.05, 0.1) is 16.6 Å². The van der Waals surface area contributed by atoms with Gasteiger partial charge in [0.25, 0.3) is 5.69 Å². The van der Waals surface area contributed by atoms with Gasteiger partial charge in [-0.1, -0.05) is 17.7 Å². The molecule has 0 bridgehead atoms. The molecule has 0 radical (unpaired) electrons. The molecule has 3 rings (SSSR count). The average molecular weight is 392 g/mol. The lowest BCUT2D eigenvalue weighted by Gasteiger charge is -2.13. The number of rotatable bonds is 4. The topological polar surface area (TPSA) is 71.9 Å². The third-order valence-electron chi connectivity index (χ3n) is 4.76. The summed E-state index contributed by atoms with van der Waals surface area (Å²) in [7, 11) is 0. The Kier molecular flexibility index (Phi) is 5.34. The van der Waals surface area contributed by atoms with Crippen molar-refractivity contribution in [2.45, 2.75) is 20.8 Å². The molecule has 0 aliphatic heterocycles. The van der Waals surface area contributed by atoms with Crippen LogP contribution in [-0.2, 0) is 0 Å². The third kappa shape index (κ3) is 3.55. The van der Waals surface area contributed by atoms with E-state index in [4.69, 9.17) is 11.6 Å². The number of nitro benzene ring substituents is 1. The van der Waals surface area contributed by atoms with Crippen LogP contribution >= 0.6 is 11.6 Å². The molecule has 6 heteroatoms. The first-order chi connectivity index (χ1) is 13.3.